The molecule has 7 heteroatoms. The van der Waals surface area contributed by atoms with E-state index in [-0.39, 0.29) is 30.5 Å². The van der Waals surface area contributed by atoms with Crippen LogP contribution >= 0.6 is 0 Å². The van der Waals surface area contributed by atoms with E-state index in [0.29, 0.717) is 34.9 Å². The number of carbonyl (C=O) groups is 1. The highest BCUT2D eigenvalue weighted by Crippen LogP contribution is 2.55. The van der Waals surface area contributed by atoms with Crippen LogP contribution in [0.15, 0.2) is 48.8 Å². The van der Waals surface area contributed by atoms with Crippen molar-refractivity contribution in [1.29, 1.82) is 0 Å². The van der Waals surface area contributed by atoms with Crippen molar-refractivity contribution < 1.29 is 18.3 Å². The Morgan fingerprint density at radius 3 is 2.71 bits per heavy atom. The summed E-state index contributed by atoms with van der Waals surface area (Å²) in [5.41, 5.74) is 1.89. The van der Waals surface area contributed by atoms with Gasteiger partial charge in [0.05, 0.1) is 18.5 Å². The first kappa shape index (κ1) is 21.0. The van der Waals surface area contributed by atoms with E-state index in [1.807, 2.05) is 13.0 Å². The molecule has 0 aliphatic heterocycles. The van der Waals surface area contributed by atoms with Gasteiger partial charge in [0.1, 0.15) is 24.1 Å². The Morgan fingerprint density at radius 1 is 1.19 bits per heavy atom. The van der Waals surface area contributed by atoms with Gasteiger partial charge >= 0.3 is 0 Å². The van der Waals surface area contributed by atoms with Crippen LogP contribution in [0.3, 0.4) is 0 Å². The van der Waals surface area contributed by atoms with Gasteiger partial charge in [-0.3, -0.25) is 9.78 Å². The van der Waals surface area contributed by atoms with E-state index in [1.54, 1.807) is 31.3 Å². The second kappa shape index (κ2) is 8.49. The Kier molecular flexibility index (Phi) is 5.76. The number of rotatable bonds is 8. The summed E-state index contributed by atoms with van der Waals surface area (Å²) in [6.45, 7) is 3.26. The van der Waals surface area contributed by atoms with E-state index < -0.39 is 12.1 Å². The minimum absolute atomic E-state index is 0.00485. The van der Waals surface area contributed by atoms with Crippen molar-refractivity contribution >= 4 is 5.78 Å². The van der Waals surface area contributed by atoms with Crippen LogP contribution in [0.2, 0.25) is 0 Å². The molecule has 2 atom stereocenters. The maximum absolute atomic E-state index is 14.0. The van der Waals surface area contributed by atoms with Crippen LogP contribution in [-0.4, -0.2) is 27.3 Å². The van der Waals surface area contributed by atoms with Crippen molar-refractivity contribution in [1.82, 2.24) is 15.0 Å². The number of aryl methyl sites for hydroxylation is 2. The summed E-state index contributed by atoms with van der Waals surface area (Å²) in [5.74, 6) is 0.528. The van der Waals surface area contributed by atoms with Crippen LogP contribution in [0, 0.1) is 25.6 Å². The van der Waals surface area contributed by atoms with Gasteiger partial charge in [0, 0.05) is 35.2 Å². The van der Waals surface area contributed by atoms with Crippen molar-refractivity contribution in [2.45, 2.75) is 38.8 Å². The number of alkyl halides is 1. The molecule has 0 amide bonds. The molecule has 0 bridgehead atoms. The summed E-state index contributed by atoms with van der Waals surface area (Å²) in [6, 6.07) is 9.61. The van der Waals surface area contributed by atoms with Gasteiger partial charge in [-0.15, -0.1) is 0 Å². The van der Waals surface area contributed by atoms with E-state index in [2.05, 4.69) is 15.0 Å². The van der Waals surface area contributed by atoms with E-state index in [1.165, 1.54) is 18.3 Å². The molecular weight excluding hydrogens is 400 g/mol. The van der Waals surface area contributed by atoms with Crippen LogP contribution in [0.4, 0.5) is 8.78 Å². The first-order valence-electron chi connectivity index (χ1n) is 10.1. The lowest BCUT2D eigenvalue weighted by Crippen LogP contribution is -2.25. The van der Waals surface area contributed by atoms with Crippen LogP contribution in [-0.2, 0) is 23.3 Å². The molecular formula is C24H23F2N3O2. The number of ketones is 1. The SMILES string of the molecule is Cc1ncc(OC[C@@]2(c3cccc(F)c3)C[C@H]2C(=O)Cc2ccc(CF)cn2)c(C)n1. The number of hydrogen-bond donors (Lipinski definition) is 0. The van der Waals surface area contributed by atoms with Gasteiger partial charge in [-0.1, -0.05) is 18.2 Å². The first-order valence-corrected chi connectivity index (χ1v) is 10.1. The number of carbonyl (C=O) groups excluding carboxylic acids is 1. The molecule has 5 nitrogen and oxygen atoms in total. The van der Waals surface area contributed by atoms with Gasteiger partial charge in [-0.25, -0.2) is 18.7 Å². The molecule has 1 saturated carbocycles. The topological polar surface area (TPSA) is 65.0 Å². The Bertz CT molecular complexity index is 1100. The van der Waals surface area contributed by atoms with E-state index in [9.17, 15) is 13.6 Å². The van der Waals surface area contributed by atoms with Crippen molar-refractivity contribution in [3.63, 3.8) is 0 Å². The minimum atomic E-state index is -0.616. The average Bonchev–Trinajstić information content (AvgIpc) is 3.50. The van der Waals surface area contributed by atoms with Gasteiger partial charge < -0.3 is 4.74 Å². The summed E-state index contributed by atoms with van der Waals surface area (Å²) in [7, 11) is 0. The molecule has 4 rings (SSSR count). The predicted molar refractivity (Wildman–Crippen MR) is 111 cm³/mol. The zero-order valence-electron chi connectivity index (χ0n) is 17.4. The fourth-order valence-corrected chi connectivity index (χ4v) is 3.95. The number of Topliss-reactive ketones (excluding diaryl/α,β-unsaturated/α-hetero) is 1. The van der Waals surface area contributed by atoms with Gasteiger partial charge in [0.2, 0.25) is 0 Å². The zero-order chi connectivity index (χ0) is 22.0. The van der Waals surface area contributed by atoms with Gasteiger partial charge in [-0.05, 0) is 44.0 Å². The van der Waals surface area contributed by atoms with Gasteiger partial charge in [0.15, 0.2) is 5.75 Å². The summed E-state index contributed by atoms with van der Waals surface area (Å²) in [5, 5.41) is 0. The third kappa shape index (κ3) is 4.45. The normalized spacial score (nSPS) is 19.8. The van der Waals surface area contributed by atoms with E-state index >= 15 is 0 Å². The van der Waals surface area contributed by atoms with Crippen LogP contribution in [0.1, 0.15) is 34.8 Å². The second-order valence-corrected chi connectivity index (χ2v) is 8.01. The lowest BCUT2D eigenvalue weighted by molar-refractivity contribution is -0.120. The highest BCUT2D eigenvalue weighted by Gasteiger charge is 2.59. The highest BCUT2D eigenvalue weighted by atomic mass is 19.1. The molecule has 1 aromatic carbocycles. The van der Waals surface area contributed by atoms with Crippen molar-refractivity contribution in [2.24, 2.45) is 5.92 Å². The molecule has 0 N–H and O–H groups in total. The van der Waals surface area contributed by atoms with Gasteiger partial charge in [-0.2, -0.15) is 0 Å². The number of hydrogen-bond acceptors (Lipinski definition) is 5. The number of aromatic nitrogens is 3. The molecule has 1 aliphatic carbocycles. The number of pyridine rings is 1. The lowest BCUT2D eigenvalue weighted by Gasteiger charge is -2.19. The summed E-state index contributed by atoms with van der Waals surface area (Å²) in [6.07, 6.45) is 3.76. The molecule has 3 aromatic rings. The molecule has 1 fully saturated rings. The molecule has 1 aliphatic rings. The van der Waals surface area contributed by atoms with E-state index in [4.69, 9.17) is 4.74 Å². The lowest BCUT2D eigenvalue weighted by atomic mass is 9.91. The smallest absolute Gasteiger partial charge is 0.158 e. The second-order valence-electron chi connectivity index (χ2n) is 8.01. The maximum atomic E-state index is 14.0. The Labute approximate surface area is 179 Å². The summed E-state index contributed by atoms with van der Waals surface area (Å²) < 4.78 is 32.7. The van der Waals surface area contributed by atoms with Crippen molar-refractivity contribution in [3.05, 3.63) is 82.9 Å². The first-order chi connectivity index (χ1) is 14.9. The molecule has 0 spiro atoms. The highest BCUT2D eigenvalue weighted by molar-refractivity contribution is 5.88. The Balaban J connectivity index is 1.55. The molecule has 160 valence electrons. The number of nitrogens with zero attached hydrogens (tertiary/aromatic N) is 3. The van der Waals surface area contributed by atoms with Crippen LogP contribution in [0.25, 0.3) is 0 Å². The Morgan fingerprint density at radius 2 is 2.03 bits per heavy atom. The standard InChI is InChI=1S/C24H23F2N3O2/c1-15-23(13-27-16(2)29-15)31-14-24(18-4-3-5-19(26)8-18)10-21(24)22(30)9-20-7-6-17(11-25)12-28-20/h3-8,12-13,21H,9-11,14H2,1-2H3/t21-,24+/m0/s1. The third-order valence-electron chi connectivity index (χ3n) is 5.80. The molecule has 2 aromatic heterocycles. The number of benzene rings is 1. The Hall–Kier alpha value is -3.22. The monoisotopic (exact) mass is 423 g/mol. The average molecular weight is 423 g/mol. The van der Waals surface area contributed by atoms with Crippen LogP contribution < -0.4 is 4.74 Å². The zero-order valence-corrected chi connectivity index (χ0v) is 17.4. The fraction of sp³-hybridized carbons (Fsp3) is 0.333. The number of ether oxygens (including phenoxy) is 1. The summed E-state index contributed by atoms with van der Waals surface area (Å²) >= 11 is 0. The minimum Gasteiger partial charge on any atom is -0.489 e. The molecule has 2 heterocycles. The van der Waals surface area contributed by atoms with Crippen molar-refractivity contribution in [3.8, 4) is 5.75 Å². The molecule has 0 saturated heterocycles. The largest absolute Gasteiger partial charge is 0.489 e. The van der Waals surface area contributed by atoms with Crippen LogP contribution in [0.5, 0.6) is 5.75 Å². The van der Waals surface area contributed by atoms with Gasteiger partial charge in [0.25, 0.3) is 0 Å². The quantitative estimate of drug-likeness (QED) is 0.542. The predicted octanol–water partition coefficient (Wildman–Crippen LogP) is 4.25. The third-order valence-corrected chi connectivity index (χ3v) is 5.80. The fourth-order valence-electron chi connectivity index (χ4n) is 3.95. The molecule has 31 heavy (non-hydrogen) atoms. The van der Waals surface area contributed by atoms with E-state index in [0.717, 1.165) is 5.56 Å². The number of halogens is 2. The van der Waals surface area contributed by atoms with Crippen molar-refractivity contribution in [2.75, 3.05) is 6.61 Å². The molecule has 0 unspecified atom stereocenters. The molecule has 0 radical (unpaired) electrons. The summed E-state index contributed by atoms with van der Waals surface area (Å²) in [4.78, 5) is 25.7. The maximum Gasteiger partial charge on any atom is 0.158 e.